The van der Waals surface area contributed by atoms with E-state index in [4.69, 9.17) is 5.41 Å². The summed E-state index contributed by atoms with van der Waals surface area (Å²) < 4.78 is 0. The fourth-order valence-corrected chi connectivity index (χ4v) is 4.73. The van der Waals surface area contributed by atoms with Crippen molar-refractivity contribution in [1.29, 1.82) is 10.7 Å². The average molecular weight is 341 g/mol. The molecule has 5 nitrogen and oxygen atoms in total. The summed E-state index contributed by atoms with van der Waals surface area (Å²) >= 11 is 1.56. The molecule has 0 fully saturated rings. The number of aliphatic hydroxyl groups is 2. The van der Waals surface area contributed by atoms with Crippen molar-refractivity contribution in [2.24, 2.45) is 0 Å². The lowest BCUT2D eigenvalue weighted by Crippen LogP contribution is -2.54. The van der Waals surface area contributed by atoms with Crippen LogP contribution in [0.25, 0.3) is 0 Å². The van der Waals surface area contributed by atoms with E-state index in [0.717, 1.165) is 5.69 Å². The molecular weight excluding hydrogens is 322 g/mol. The molecule has 1 aliphatic carbocycles. The Morgan fingerprint density at radius 3 is 2.75 bits per heavy atom. The number of fused-ring (bicyclic) bond motifs is 1. The number of nitrogens with zero attached hydrogens (tertiary/aromatic N) is 2. The minimum Gasteiger partial charge on any atom is -0.512 e. The summed E-state index contributed by atoms with van der Waals surface area (Å²) in [5, 5.41) is 37.4. The highest BCUT2D eigenvalue weighted by Gasteiger charge is 2.53. The van der Waals surface area contributed by atoms with Crippen molar-refractivity contribution in [2.75, 3.05) is 17.3 Å². The summed E-state index contributed by atoms with van der Waals surface area (Å²) in [5.41, 5.74) is 1.20. The quantitative estimate of drug-likeness (QED) is 0.783. The molecular formula is C18H19N3O2S. The van der Waals surface area contributed by atoms with Crippen LogP contribution in [-0.4, -0.2) is 39.2 Å². The summed E-state index contributed by atoms with van der Waals surface area (Å²) in [5.74, 6) is 0.911. The Morgan fingerprint density at radius 1 is 1.42 bits per heavy atom. The monoisotopic (exact) mass is 341 g/mol. The van der Waals surface area contributed by atoms with Gasteiger partial charge in [0, 0.05) is 28.7 Å². The molecule has 0 saturated carbocycles. The fourth-order valence-electron chi connectivity index (χ4n) is 3.50. The largest absolute Gasteiger partial charge is 0.512 e. The number of nitrogens with one attached hydrogen (secondary N) is 1. The standard InChI is InChI=1S/C18H19N3O2S/c1-18-15(9-13(23)10-16(18)24-8-7-22)14(11-19)17(20)21(18)12-5-3-2-4-6-12/h2-6,9,16,20,22-23H,7-8,10H2,1H3/t16-,18+/m0/s1. The zero-order valence-corrected chi connectivity index (χ0v) is 14.2. The Kier molecular flexibility index (Phi) is 4.39. The molecule has 3 rings (SSSR count). The van der Waals surface area contributed by atoms with Gasteiger partial charge in [-0.25, -0.2) is 0 Å². The number of hydrogen-bond acceptors (Lipinski definition) is 5. The molecule has 1 aromatic carbocycles. The Labute approximate surface area is 145 Å². The van der Waals surface area contributed by atoms with Gasteiger partial charge in [-0.15, -0.1) is 0 Å². The number of allylic oxidation sites excluding steroid dienone is 1. The number of nitriles is 1. The van der Waals surface area contributed by atoms with Crippen LogP contribution in [0.2, 0.25) is 0 Å². The van der Waals surface area contributed by atoms with Crippen LogP contribution in [0.15, 0.2) is 53.3 Å². The molecule has 1 heterocycles. The number of para-hydroxylation sites is 1. The van der Waals surface area contributed by atoms with Crippen LogP contribution < -0.4 is 4.90 Å². The van der Waals surface area contributed by atoms with Crippen LogP contribution in [0.3, 0.4) is 0 Å². The zero-order chi connectivity index (χ0) is 17.3. The lowest BCUT2D eigenvalue weighted by atomic mass is 9.81. The lowest BCUT2D eigenvalue weighted by molar-refractivity contribution is 0.321. The van der Waals surface area contributed by atoms with Gasteiger partial charge in [0.25, 0.3) is 0 Å². The van der Waals surface area contributed by atoms with E-state index in [2.05, 4.69) is 6.07 Å². The number of benzene rings is 1. The maximum atomic E-state index is 10.1. The SMILES string of the molecule is C[C@]12C(=C(C#N)C(=N)N1c1ccccc1)C=C(O)C[C@@H]2SCCO. The Morgan fingerprint density at radius 2 is 2.12 bits per heavy atom. The Balaban J connectivity index is 2.17. The molecule has 0 aromatic heterocycles. The van der Waals surface area contributed by atoms with Crippen molar-refractivity contribution >= 4 is 23.3 Å². The van der Waals surface area contributed by atoms with Crippen molar-refractivity contribution in [2.45, 2.75) is 24.1 Å². The van der Waals surface area contributed by atoms with Gasteiger partial charge < -0.3 is 15.1 Å². The summed E-state index contributed by atoms with van der Waals surface area (Å²) in [7, 11) is 0. The molecule has 0 amide bonds. The van der Waals surface area contributed by atoms with Crippen molar-refractivity contribution in [3.05, 3.63) is 53.3 Å². The minimum atomic E-state index is -0.616. The molecule has 24 heavy (non-hydrogen) atoms. The first-order chi connectivity index (χ1) is 11.5. The first-order valence-electron chi connectivity index (χ1n) is 7.75. The number of amidine groups is 1. The van der Waals surface area contributed by atoms with Crippen molar-refractivity contribution in [3.8, 4) is 6.07 Å². The molecule has 2 atom stereocenters. The van der Waals surface area contributed by atoms with E-state index in [1.54, 1.807) is 17.8 Å². The van der Waals surface area contributed by atoms with Crippen molar-refractivity contribution in [3.63, 3.8) is 0 Å². The predicted octanol–water partition coefficient (Wildman–Crippen LogP) is 3.00. The maximum Gasteiger partial charge on any atom is 0.144 e. The summed E-state index contributed by atoms with van der Waals surface area (Å²) in [4.78, 5) is 1.87. The van der Waals surface area contributed by atoms with E-state index in [1.165, 1.54) is 0 Å². The molecule has 3 N–H and O–H groups in total. The van der Waals surface area contributed by atoms with Gasteiger partial charge in [-0.05, 0) is 25.1 Å². The number of aliphatic hydroxyl groups excluding tert-OH is 2. The van der Waals surface area contributed by atoms with E-state index in [0.29, 0.717) is 23.3 Å². The topological polar surface area (TPSA) is 91.3 Å². The van der Waals surface area contributed by atoms with E-state index < -0.39 is 5.54 Å². The Bertz CT molecular complexity index is 766. The van der Waals surface area contributed by atoms with Crippen LogP contribution in [0, 0.1) is 16.7 Å². The van der Waals surface area contributed by atoms with E-state index in [1.807, 2.05) is 42.2 Å². The highest BCUT2D eigenvalue weighted by molar-refractivity contribution is 8.00. The van der Waals surface area contributed by atoms with Crippen LogP contribution >= 0.6 is 11.8 Å². The molecule has 0 unspecified atom stereocenters. The maximum absolute atomic E-state index is 10.1. The van der Waals surface area contributed by atoms with Crippen LogP contribution in [0.1, 0.15) is 13.3 Å². The summed E-state index contributed by atoms with van der Waals surface area (Å²) in [6.45, 7) is 2.06. The molecule has 124 valence electrons. The molecule has 1 aromatic rings. The predicted molar refractivity (Wildman–Crippen MR) is 96.4 cm³/mol. The van der Waals surface area contributed by atoms with Gasteiger partial charge in [0.15, 0.2) is 0 Å². The molecule has 2 aliphatic rings. The normalized spacial score (nSPS) is 26.2. The number of anilines is 1. The van der Waals surface area contributed by atoms with Gasteiger partial charge in [0.05, 0.1) is 17.9 Å². The minimum absolute atomic E-state index is 0.0503. The van der Waals surface area contributed by atoms with E-state index in [-0.39, 0.29) is 23.5 Å². The zero-order valence-electron chi connectivity index (χ0n) is 13.4. The second kappa shape index (κ2) is 6.34. The van der Waals surface area contributed by atoms with E-state index in [9.17, 15) is 15.5 Å². The van der Waals surface area contributed by atoms with Gasteiger partial charge in [-0.3, -0.25) is 5.41 Å². The number of hydrogen-bond donors (Lipinski definition) is 3. The first kappa shape index (κ1) is 16.6. The molecule has 6 heteroatoms. The molecule has 0 radical (unpaired) electrons. The lowest BCUT2D eigenvalue weighted by Gasteiger charge is -2.45. The second-order valence-corrected chi connectivity index (χ2v) is 7.30. The van der Waals surface area contributed by atoms with Crippen LogP contribution in [0.5, 0.6) is 0 Å². The van der Waals surface area contributed by atoms with Crippen LogP contribution in [0.4, 0.5) is 5.69 Å². The third-order valence-corrected chi connectivity index (χ3v) is 6.05. The molecule has 1 aliphatic heterocycles. The third-order valence-electron chi connectivity index (χ3n) is 4.61. The third kappa shape index (κ3) is 2.41. The van der Waals surface area contributed by atoms with Gasteiger partial charge in [-0.2, -0.15) is 17.0 Å². The van der Waals surface area contributed by atoms with Gasteiger partial charge in [0.1, 0.15) is 17.5 Å². The number of rotatable bonds is 4. The van der Waals surface area contributed by atoms with Crippen molar-refractivity contribution < 1.29 is 10.2 Å². The average Bonchev–Trinajstić information content (AvgIpc) is 2.80. The van der Waals surface area contributed by atoms with Gasteiger partial charge in [-0.1, -0.05) is 18.2 Å². The molecule has 0 bridgehead atoms. The van der Waals surface area contributed by atoms with E-state index >= 15 is 0 Å². The highest BCUT2D eigenvalue weighted by atomic mass is 32.2. The second-order valence-electron chi connectivity index (χ2n) is 5.99. The van der Waals surface area contributed by atoms with Gasteiger partial charge in [0.2, 0.25) is 0 Å². The fraction of sp³-hybridized carbons (Fsp3) is 0.333. The van der Waals surface area contributed by atoms with Crippen molar-refractivity contribution in [1.82, 2.24) is 0 Å². The first-order valence-corrected chi connectivity index (χ1v) is 8.80. The number of thioether (sulfide) groups is 1. The highest BCUT2D eigenvalue weighted by Crippen LogP contribution is 2.49. The molecule has 0 spiro atoms. The summed E-state index contributed by atoms with van der Waals surface area (Å²) in [6.07, 6.45) is 2.08. The Hall–Kier alpha value is -2.23. The van der Waals surface area contributed by atoms with Crippen LogP contribution in [-0.2, 0) is 0 Å². The van der Waals surface area contributed by atoms with Gasteiger partial charge >= 0.3 is 0 Å². The smallest absolute Gasteiger partial charge is 0.144 e. The molecule has 0 saturated heterocycles. The summed E-state index contributed by atoms with van der Waals surface area (Å²) in [6, 6.07) is 11.7.